The fraction of sp³-hybridized carbons (Fsp3) is 0.200. The van der Waals surface area contributed by atoms with Crippen molar-refractivity contribution >= 4 is 28.5 Å². The van der Waals surface area contributed by atoms with Crippen molar-refractivity contribution in [3.05, 3.63) is 80.2 Å². The number of carbonyl (C=O) groups excluding carboxylic acids is 1. The van der Waals surface area contributed by atoms with Gasteiger partial charge in [-0.25, -0.2) is 0 Å². The summed E-state index contributed by atoms with van der Waals surface area (Å²) in [6, 6.07) is 12.4. The molecule has 0 unspecified atom stereocenters. The molecule has 0 radical (unpaired) electrons. The Balaban J connectivity index is 1.98. The van der Waals surface area contributed by atoms with Crippen LogP contribution in [-0.4, -0.2) is 17.9 Å². The lowest BCUT2D eigenvalue weighted by atomic mass is 9.97. The third-order valence-corrected chi connectivity index (χ3v) is 5.00. The van der Waals surface area contributed by atoms with E-state index in [4.69, 9.17) is 16.0 Å². The molecule has 0 spiro atoms. The van der Waals surface area contributed by atoms with Crippen molar-refractivity contribution in [1.82, 2.24) is 4.90 Å². The molecular formula is C20H16ClNO3. The number of carbonyl (C=O) groups is 1. The van der Waals surface area contributed by atoms with E-state index < -0.39 is 6.04 Å². The molecule has 1 amide bonds. The van der Waals surface area contributed by atoms with E-state index in [0.717, 1.165) is 12.0 Å². The molecule has 0 saturated carbocycles. The molecule has 0 saturated heterocycles. The number of aryl methyl sites for hydroxylation is 1. The Morgan fingerprint density at radius 3 is 2.52 bits per heavy atom. The van der Waals surface area contributed by atoms with Crippen LogP contribution in [0.2, 0.25) is 5.02 Å². The van der Waals surface area contributed by atoms with Crippen LogP contribution in [0, 0.1) is 0 Å². The molecule has 1 atom stereocenters. The Kier molecular flexibility index (Phi) is 3.65. The topological polar surface area (TPSA) is 50.5 Å². The second-order valence-corrected chi connectivity index (χ2v) is 6.66. The number of halogens is 1. The minimum absolute atomic E-state index is 0.117. The zero-order valence-corrected chi connectivity index (χ0v) is 14.6. The number of nitrogens with zero attached hydrogens (tertiary/aromatic N) is 1. The molecule has 0 aliphatic carbocycles. The fourth-order valence-corrected chi connectivity index (χ4v) is 3.56. The van der Waals surface area contributed by atoms with E-state index in [-0.39, 0.29) is 17.1 Å². The van der Waals surface area contributed by atoms with Crippen molar-refractivity contribution in [1.29, 1.82) is 0 Å². The molecule has 4 rings (SSSR count). The number of rotatable bonds is 2. The summed E-state index contributed by atoms with van der Waals surface area (Å²) in [7, 11) is 1.69. The van der Waals surface area contributed by atoms with E-state index in [0.29, 0.717) is 21.6 Å². The smallest absolute Gasteiger partial charge is 0.290 e. The summed E-state index contributed by atoms with van der Waals surface area (Å²) < 4.78 is 5.77. The van der Waals surface area contributed by atoms with Crippen molar-refractivity contribution < 1.29 is 9.21 Å². The lowest BCUT2D eigenvalue weighted by Crippen LogP contribution is -2.25. The van der Waals surface area contributed by atoms with Gasteiger partial charge in [-0.3, -0.25) is 9.59 Å². The molecule has 0 N–H and O–H groups in total. The summed E-state index contributed by atoms with van der Waals surface area (Å²) >= 11 is 6.03. The number of benzene rings is 2. The molecule has 126 valence electrons. The lowest BCUT2D eigenvalue weighted by Gasteiger charge is -2.20. The molecule has 2 heterocycles. The van der Waals surface area contributed by atoms with Crippen molar-refractivity contribution in [2.75, 3.05) is 7.05 Å². The van der Waals surface area contributed by atoms with E-state index in [1.165, 1.54) is 5.56 Å². The summed E-state index contributed by atoms with van der Waals surface area (Å²) in [6.07, 6.45) is 0.932. The van der Waals surface area contributed by atoms with Gasteiger partial charge in [0, 0.05) is 12.1 Å². The predicted octanol–water partition coefficient (Wildman–Crippen LogP) is 4.18. The largest absolute Gasteiger partial charge is 0.450 e. The third kappa shape index (κ3) is 2.36. The maximum Gasteiger partial charge on any atom is 0.290 e. The molecule has 1 aliphatic rings. The molecule has 5 heteroatoms. The van der Waals surface area contributed by atoms with Crippen LogP contribution in [0.1, 0.15) is 40.2 Å². The molecule has 25 heavy (non-hydrogen) atoms. The number of fused-ring (bicyclic) bond motifs is 2. The predicted molar refractivity (Wildman–Crippen MR) is 97.3 cm³/mol. The van der Waals surface area contributed by atoms with E-state index in [9.17, 15) is 9.59 Å². The first-order chi connectivity index (χ1) is 12.0. The first kappa shape index (κ1) is 15.9. The highest BCUT2D eigenvalue weighted by Gasteiger charge is 2.40. The van der Waals surface area contributed by atoms with Crippen LogP contribution in [0.5, 0.6) is 0 Å². The van der Waals surface area contributed by atoms with Crippen molar-refractivity contribution in [2.24, 2.45) is 0 Å². The zero-order chi connectivity index (χ0) is 17.7. The molecule has 0 bridgehead atoms. The van der Waals surface area contributed by atoms with Crippen LogP contribution in [0.25, 0.3) is 11.0 Å². The third-order valence-electron chi connectivity index (χ3n) is 4.77. The molecular weight excluding hydrogens is 338 g/mol. The van der Waals surface area contributed by atoms with Crippen LogP contribution >= 0.6 is 11.6 Å². The maximum atomic E-state index is 13.1. The number of hydrogen-bond acceptors (Lipinski definition) is 3. The van der Waals surface area contributed by atoms with Gasteiger partial charge in [0.2, 0.25) is 5.76 Å². The standard InChI is InChI=1S/C20H16ClNO3/c1-3-11-4-6-12(7-5-11)17-16-18(23)14-10-13(21)8-9-15(14)25-19(16)20(24)22(17)2/h4-10,17H,3H2,1-2H3/t17-/m1/s1. The average Bonchev–Trinajstić information content (AvgIpc) is 2.88. The molecule has 4 nitrogen and oxygen atoms in total. The van der Waals surface area contributed by atoms with Crippen LogP contribution in [0.4, 0.5) is 0 Å². The second kappa shape index (κ2) is 5.74. The van der Waals surface area contributed by atoms with Crippen molar-refractivity contribution in [2.45, 2.75) is 19.4 Å². The second-order valence-electron chi connectivity index (χ2n) is 6.23. The van der Waals surface area contributed by atoms with Crippen LogP contribution in [-0.2, 0) is 6.42 Å². The normalized spacial score (nSPS) is 16.5. The molecule has 3 aromatic rings. The molecule has 2 aromatic carbocycles. The van der Waals surface area contributed by atoms with Gasteiger partial charge in [0.25, 0.3) is 5.91 Å². The number of hydrogen-bond donors (Lipinski definition) is 0. The maximum absolute atomic E-state index is 13.1. The molecule has 0 fully saturated rings. The Morgan fingerprint density at radius 1 is 1.12 bits per heavy atom. The quantitative estimate of drug-likeness (QED) is 0.694. The number of amides is 1. The van der Waals surface area contributed by atoms with E-state index in [1.54, 1.807) is 30.1 Å². The molecule has 1 aromatic heterocycles. The van der Waals surface area contributed by atoms with Gasteiger partial charge in [0.1, 0.15) is 5.58 Å². The van der Waals surface area contributed by atoms with E-state index in [2.05, 4.69) is 6.92 Å². The Hall–Kier alpha value is -2.59. The summed E-state index contributed by atoms with van der Waals surface area (Å²) in [5.41, 5.74) is 2.64. The van der Waals surface area contributed by atoms with E-state index in [1.807, 2.05) is 24.3 Å². The van der Waals surface area contributed by atoms with Gasteiger partial charge < -0.3 is 9.32 Å². The minimum atomic E-state index is -0.451. The first-order valence-electron chi connectivity index (χ1n) is 8.13. The van der Waals surface area contributed by atoms with Gasteiger partial charge in [0.15, 0.2) is 5.43 Å². The highest BCUT2D eigenvalue weighted by atomic mass is 35.5. The summed E-state index contributed by atoms with van der Waals surface area (Å²) in [4.78, 5) is 27.3. The van der Waals surface area contributed by atoms with Crippen LogP contribution in [0.3, 0.4) is 0 Å². The fourth-order valence-electron chi connectivity index (χ4n) is 3.39. The zero-order valence-electron chi connectivity index (χ0n) is 13.9. The van der Waals surface area contributed by atoms with E-state index >= 15 is 0 Å². The highest BCUT2D eigenvalue weighted by Crippen LogP contribution is 2.37. The van der Waals surface area contributed by atoms with Gasteiger partial charge in [-0.15, -0.1) is 0 Å². The minimum Gasteiger partial charge on any atom is -0.450 e. The van der Waals surface area contributed by atoms with Crippen LogP contribution < -0.4 is 5.43 Å². The Bertz CT molecular complexity index is 1050. The average molecular weight is 354 g/mol. The lowest BCUT2D eigenvalue weighted by molar-refractivity contribution is 0.0771. The summed E-state index contributed by atoms with van der Waals surface area (Å²) in [5.74, 6) is -0.166. The van der Waals surface area contributed by atoms with Gasteiger partial charge in [-0.2, -0.15) is 0 Å². The van der Waals surface area contributed by atoms with Crippen molar-refractivity contribution in [3.63, 3.8) is 0 Å². The van der Waals surface area contributed by atoms with Gasteiger partial charge in [0.05, 0.1) is 17.0 Å². The highest BCUT2D eigenvalue weighted by molar-refractivity contribution is 6.31. The SMILES string of the molecule is CCc1ccc([C@@H]2c3c(oc4ccc(Cl)cc4c3=O)C(=O)N2C)cc1. The Labute approximate surface area is 149 Å². The summed E-state index contributed by atoms with van der Waals surface area (Å²) in [6.45, 7) is 2.08. The summed E-state index contributed by atoms with van der Waals surface area (Å²) in [5, 5.41) is 0.853. The van der Waals surface area contributed by atoms with Crippen LogP contribution in [0.15, 0.2) is 51.7 Å². The molecule has 1 aliphatic heterocycles. The van der Waals surface area contributed by atoms with Gasteiger partial charge in [-0.05, 0) is 35.7 Å². The first-order valence-corrected chi connectivity index (χ1v) is 8.51. The van der Waals surface area contributed by atoms with Gasteiger partial charge in [-0.1, -0.05) is 42.8 Å². The Morgan fingerprint density at radius 2 is 1.84 bits per heavy atom. The van der Waals surface area contributed by atoms with Crippen molar-refractivity contribution in [3.8, 4) is 0 Å². The monoisotopic (exact) mass is 353 g/mol. The van der Waals surface area contributed by atoms with Gasteiger partial charge >= 0.3 is 0 Å².